The number of anilines is 1. The van der Waals surface area contributed by atoms with E-state index in [0.29, 0.717) is 17.5 Å². The lowest BCUT2D eigenvalue weighted by Gasteiger charge is -2.50. The van der Waals surface area contributed by atoms with E-state index in [4.69, 9.17) is 24.4 Å². The van der Waals surface area contributed by atoms with Crippen LogP contribution in [0.3, 0.4) is 0 Å². The van der Waals surface area contributed by atoms with E-state index in [1.54, 1.807) is 0 Å². The number of rotatable bonds is 4. The van der Waals surface area contributed by atoms with Crippen molar-refractivity contribution in [1.82, 2.24) is 19.9 Å². The van der Waals surface area contributed by atoms with Gasteiger partial charge in [-0.25, -0.2) is 19.9 Å². The third kappa shape index (κ3) is 4.05. The Kier molecular flexibility index (Phi) is 6.08. The Morgan fingerprint density at radius 1 is 0.511 bits per heavy atom. The van der Waals surface area contributed by atoms with Gasteiger partial charge in [-0.3, -0.25) is 0 Å². The van der Waals surface area contributed by atoms with Crippen molar-refractivity contribution in [3.8, 4) is 34.2 Å². The Bertz CT molecular complexity index is 2150. The summed E-state index contributed by atoms with van der Waals surface area (Å²) in [5, 5.41) is 2.06. The maximum Gasteiger partial charge on any atom is 0.203 e. The fourth-order valence-electron chi connectivity index (χ4n) is 7.35. The molecule has 2 aromatic heterocycles. The number of nitrogens with zero attached hydrogens (tertiary/aromatic N) is 6. The van der Waals surface area contributed by atoms with Crippen LogP contribution in [0.1, 0.15) is 55.4 Å². The van der Waals surface area contributed by atoms with Gasteiger partial charge in [0.25, 0.3) is 0 Å². The predicted molar refractivity (Wildman–Crippen MR) is 191 cm³/mol. The Morgan fingerprint density at radius 2 is 1.04 bits per heavy atom. The maximum atomic E-state index is 6.97. The van der Waals surface area contributed by atoms with Crippen molar-refractivity contribution in [2.24, 2.45) is 4.99 Å². The molecule has 0 amide bonds. The summed E-state index contributed by atoms with van der Waals surface area (Å²) in [6.07, 6.45) is 0. The van der Waals surface area contributed by atoms with E-state index in [1.165, 1.54) is 0 Å². The topological polar surface area (TPSA) is 70.6 Å². The van der Waals surface area contributed by atoms with Gasteiger partial charge in [0.1, 0.15) is 5.58 Å². The van der Waals surface area contributed by atoms with Crippen molar-refractivity contribution in [2.45, 2.75) is 77.5 Å². The van der Waals surface area contributed by atoms with Gasteiger partial charge in [-0.1, -0.05) is 84.9 Å². The van der Waals surface area contributed by atoms with Gasteiger partial charge in [-0.05, 0) is 67.5 Å². The molecule has 0 atom stereocenters. The molecule has 0 saturated carbocycles. The van der Waals surface area contributed by atoms with Crippen molar-refractivity contribution in [3.63, 3.8) is 0 Å². The first-order valence-electron chi connectivity index (χ1n) is 16.3. The summed E-state index contributed by atoms with van der Waals surface area (Å²) in [5.74, 6) is 2.80. The van der Waals surface area contributed by atoms with E-state index in [-0.39, 0.29) is 22.2 Å². The first kappa shape index (κ1) is 29.4. The molecule has 0 spiro atoms. The highest BCUT2D eigenvalue weighted by molar-refractivity contribution is 6.15. The highest BCUT2D eigenvalue weighted by Gasteiger charge is 2.66. The second-order valence-corrected chi connectivity index (χ2v) is 14.8. The zero-order chi connectivity index (χ0) is 32.9. The lowest BCUT2D eigenvalue weighted by Crippen LogP contribution is -2.63. The van der Waals surface area contributed by atoms with Gasteiger partial charge < -0.3 is 14.2 Å². The number of benzene rings is 4. The largest absolute Gasteiger partial charge is 0.453 e. The quantitative estimate of drug-likeness (QED) is 0.196. The van der Waals surface area contributed by atoms with Crippen molar-refractivity contribution < 1.29 is 4.42 Å². The second-order valence-electron chi connectivity index (χ2n) is 14.8. The van der Waals surface area contributed by atoms with Gasteiger partial charge in [0, 0.05) is 21.9 Å². The van der Waals surface area contributed by atoms with Crippen LogP contribution in [-0.4, -0.2) is 48.0 Å². The number of hydrogen-bond acceptors (Lipinski definition) is 7. The molecule has 1 fully saturated rings. The summed E-state index contributed by atoms with van der Waals surface area (Å²) in [7, 11) is 0. The Hall–Kier alpha value is -5.04. The Balaban J connectivity index is 1.35. The van der Waals surface area contributed by atoms with Gasteiger partial charge >= 0.3 is 0 Å². The van der Waals surface area contributed by atoms with Crippen LogP contribution < -0.4 is 4.90 Å². The number of guanidine groups is 1. The lowest BCUT2D eigenvalue weighted by atomic mass is 9.76. The molecule has 0 bridgehead atoms. The SMILES string of the molecule is CC1(C)N=C2N(c3cccc4c3oc3c(-c5nc(-c6ccccc6)nc(-c6ccccc6)n5)cccc34)C(C)(C)C(C)(C)N2C1(C)C. The van der Waals surface area contributed by atoms with Crippen LogP contribution in [0, 0.1) is 0 Å². The average Bonchev–Trinajstić information content (AvgIpc) is 3.58. The van der Waals surface area contributed by atoms with E-state index in [2.05, 4.69) is 95.5 Å². The van der Waals surface area contributed by atoms with E-state index < -0.39 is 0 Å². The molecule has 8 rings (SSSR count). The van der Waals surface area contributed by atoms with Crippen molar-refractivity contribution >= 4 is 33.6 Å². The molecule has 4 aromatic carbocycles. The van der Waals surface area contributed by atoms with E-state index in [0.717, 1.165) is 50.3 Å². The van der Waals surface area contributed by atoms with E-state index in [9.17, 15) is 0 Å². The Morgan fingerprint density at radius 3 is 1.64 bits per heavy atom. The van der Waals surface area contributed by atoms with Gasteiger partial charge in [0.2, 0.25) is 5.96 Å². The molecule has 0 unspecified atom stereocenters. The van der Waals surface area contributed by atoms with Gasteiger partial charge in [-0.2, -0.15) is 0 Å². The molecule has 0 aliphatic carbocycles. The van der Waals surface area contributed by atoms with Crippen LogP contribution in [0.15, 0.2) is 106 Å². The minimum Gasteiger partial charge on any atom is -0.453 e. The fourth-order valence-corrected chi connectivity index (χ4v) is 7.35. The molecular weight excluding hydrogens is 580 g/mol. The minimum absolute atomic E-state index is 0.182. The molecule has 2 aliphatic rings. The number of aromatic nitrogens is 3. The third-order valence-corrected chi connectivity index (χ3v) is 11.1. The van der Waals surface area contributed by atoms with Gasteiger partial charge in [0.05, 0.1) is 33.4 Å². The molecule has 6 aromatic rings. The lowest BCUT2D eigenvalue weighted by molar-refractivity contribution is 0.0529. The zero-order valence-corrected chi connectivity index (χ0v) is 28.3. The first-order valence-corrected chi connectivity index (χ1v) is 16.3. The van der Waals surface area contributed by atoms with E-state index in [1.807, 2.05) is 66.7 Å². The average molecular weight is 621 g/mol. The third-order valence-electron chi connectivity index (χ3n) is 11.1. The van der Waals surface area contributed by atoms with Crippen LogP contribution in [0.4, 0.5) is 5.69 Å². The molecule has 47 heavy (non-hydrogen) atoms. The van der Waals surface area contributed by atoms with Crippen molar-refractivity contribution in [1.29, 1.82) is 0 Å². The normalized spacial score (nSPS) is 18.9. The summed E-state index contributed by atoms with van der Waals surface area (Å²) in [6.45, 7) is 18.4. The van der Waals surface area contributed by atoms with E-state index >= 15 is 0 Å². The van der Waals surface area contributed by atoms with Crippen LogP contribution in [0.2, 0.25) is 0 Å². The van der Waals surface area contributed by atoms with Crippen LogP contribution in [0.5, 0.6) is 0 Å². The minimum atomic E-state index is -0.293. The first-order chi connectivity index (χ1) is 22.3. The summed E-state index contributed by atoms with van der Waals surface area (Å²) in [6, 6.07) is 32.8. The monoisotopic (exact) mass is 620 g/mol. The summed E-state index contributed by atoms with van der Waals surface area (Å²) >= 11 is 0. The molecule has 1 saturated heterocycles. The van der Waals surface area contributed by atoms with Crippen molar-refractivity contribution in [3.05, 3.63) is 97.1 Å². The number of fused-ring (bicyclic) bond motifs is 4. The van der Waals surface area contributed by atoms with Gasteiger partial charge in [-0.15, -0.1) is 0 Å². The predicted octanol–water partition coefficient (Wildman–Crippen LogP) is 9.38. The molecule has 4 heterocycles. The van der Waals surface area contributed by atoms with Crippen LogP contribution in [-0.2, 0) is 0 Å². The molecule has 0 N–H and O–H groups in total. The number of para-hydroxylation sites is 2. The number of hydrogen-bond donors (Lipinski definition) is 0. The molecule has 2 aliphatic heterocycles. The maximum absolute atomic E-state index is 6.97. The molecule has 7 heteroatoms. The molecule has 0 radical (unpaired) electrons. The summed E-state index contributed by atoms with van der Waals surface area (Å²) < 4.78 is 6.97. The zero-order valence-electron chi connectivity index (χ0n) is 28.3. The van der Waals surface area contributed by atoms with Crippen molar-refractivity contribution in [2.75, 3.05) is 4.90 Å². The summed E-state index contributed by atoms with van der Waals surface area (Å²) in [5.41, 5.74) is 4.31. The number of furan rings is 1. The second kappa shape index (κ2) is 9.74. The molecule has 7 nitrogen and oxygen atoms in total. The summed E-state index contributed by atoms with van der Waals surface area (Å²) in [4.78, 5) is 25.2. The standard InChI is InChI=1S/C40H40N6O/c1-37(2)38(3,4)46-36(44-37)45(39(5,6)40(46,7)8)30-24-16-22-28-27-21-15-23-29(31(27)47-32(28)30)35-42-33(25-17-11-9-12-18-25)41-34(43-35)26-19-13-10-14-20-26/h9-24H,1-8H3. The molecular formula is C40H40N6O. The molecule has 236 valence electrons. The smallest absolute Gasteiger partial charge is 0.203 e. The Labute approximate surface area is 276 Å². The van der Waals surface area contributed by atoms with Gasteiger partial charge in [0.15, 0.2) is 23.1 Å². The van der Waals surface area contributed by atoms with Crippen LogP contribution in [0.25, 0.3) is 56.1 Å². The van der Waals surface area contributed by atoms with Crippen LogP contribution >= 0.6 is 0 Å². The highest BCUT2D eigenvalue weighted by Crippen LogP contribution is 2.55. The highest BCUT2D eigenvalue weighted by atomic mass is 16.3. The fraction of sp³-hybridized carbons (Fsp3) is 0.300. The number of aliphatic imine (C=N–C) groups is 1.